The summed E-state index contributed by atoms with van der Waals surface area (Å²) >= 11 is 0. The topological polar surface area (TPSA) is 38.9 Å². The molecular formula is C16H22N2O. The Kier molecular flexibility index (Phi) is 3.48. The van der Waals surface area contributed by atoms with Crippen LogP contribution in [0, 0.1) is 0 Å². The molecule has 2 rings (SSSR count). The number of rotatable bonds is 3. The highest BCUT2D eigenvalue weighted by Gasteiger charge is 2.26. The number of oxazole rings is 1. The first-order chi connectivity index (χ1) is 8.79. The van der Waals surface area contributed by atoms with Gasteiger partial charge in [-0.1, -0.05) is 40.7 Å². The average Bonchev–Trinajstić information content (AvgIpc) is 2.78. The zero-order chi connectivity index (χ0) is 14.1. The summed E-state index contributed by atoms with van der Waals surface area (Å²) in [5.41, 5.74) is 1.97. The third-order valence-corrected chi connectivity index (χ3v) is 3.17. The Hall–Kier alpha value is -1.64. The van der Waals surface area contributed by atoms with Gasteiger partial charge in [-0.25, -0.2) is 4.98 Å². The van der Waals surface area contributed by atoms with Gasteiger partial charge < -0.3 is 4.42 Å². The van der Waals surface area contributed by atoms with E-state index in [4.69, 9.17) is 4.42 Å². The van der Waals surface area contributed by atoms with Crippen LogP contribution < -0.4 is 0 Å². The van der Waals surface area contributed by atoms with Crippen molar-refractivity contribution in [3.05, 3.63) is 47.9 Å². The first kappa shape index (κ1) is 13.8. The van der Waals surface area contributed by atoms with E-state index in [9.17, 15) is 0 Å². The first-order valence-electron chi connectivity index (χ1n) is 6.65. The molecule has 102 valence electrons. The summed E-state index contributed by atoms with van der Waals surface area (Å²) in [7, 11) is 0. The molecular weight excluding hydrogens is 236 g/mol. The smallest absolute Gasteiger partial charge is 0.199 e. The minimum Gasteiger partial charge on any atom is -0.448 e. The van der Waals surface area contributed by atoms with Crippen LogP contribution in [0.2, 0.25) is 0 Å². The molecule has 2 aromatic rings. The molecule has 0 bridgehead atoms. The fraction of sp³-hybridized carbons (Fsp3) is 0.500. The Labute approximate surface area is 115 Å². The molecule has 0 saturated heterocycles. The molecule has 2 heterocycles. The predicted octanol–water partition coefficient (Wildman–Crippen LogP) is 3.89. The second-order valence-corrected chi connectivity index (χ2v) is 6.67. The van der Waals surface area contributed by atoms with Gasteiger partial charge in [-0.05, 0) is 12.1 Å². The van der Waals surface area contributed by atoms with E-state index < -0.39 is 0 Å². The lowest BCUT2D eigenvalue weighted by molar-refractivity contribution is 0.392. The molecule has 0 N–H and O–H groups in total. The van der Waals surface area contributed by atoms with Crippen LogP contribution in [0.5, 0.6) is 0 Å². The van der Waals surface area contributed by atoms with E-state index in [1.54, 1.807) is 6.26 Å². The van der Waals surface area contributed by atoms with Crippen LogP contribution in [0.3, 0.4) is 0 Å². The Balaban J connectivity index is 2.19. The minimum absolute atomic E-state index is 0.0482. The number of hydrogen-bond acceptors (Lipinski definition) is 3. The van der Waals surface area contributed by atoms with Gasteiger partial charge in [0.05, 0.1) is 5.69 Å². The van der Waals surface area contributed by atoms with E-state index in [2.05, 4.69) is 50.7 Å². The Morgan fingerprint density at radius 3 is 2.37 bits per heavy atom. The Bertz CT molecular complexity index is 535. The van der Waals surface area contributed by atoms with E-state index in [0.29, 0.717) is 0 Å². The second-order valence-electron chi connectivity index (χ2n) is 6.67. The quantitative estimate of drug-likeness (QED) is 0.838. The molecule has 0 aliphatic rings. The molecule has 0 fully saturated rings. The molecule has 0 radical (unpaired) electrons. The molecule has 0 spiro atoms. The average molecular weight is 258 g/mol. The molecule has 0 amide bonds. The molecule has 0 aliphatic heterocycles. The van der Waals surface area contributed by atoms with E-state index in [-0.39, 0.29) is 10.8 Å². The first-order valence-corrected chi connectivity index (χ1v) is 6.65. The summed E-state index contributed by atoms with van der Waals surface area (Å²) in [5.74, 6) is 0.791. The van der Waals surface area contributed by atoms with Crippen LogP contribution in [-0.4, -0.2) is 9.97 Å². The summed E-state index contributed by atoms with van der Waals surface area (Å²) in [6.07, 6.45) is 4.43. The van der Waals surface area contributed by atoms with Gasteiger partial charge in [0.1, 0.15) is 6.26 Å². The molecule has 0 atom stereocenters. The maximum Gasteiger partial charge on any atom is 0.199 e. The van der Waals surface area contributed by atoms with Gasteiger partial charge in [-0.2, -0.15) is 0 Å². The van der Waals surface area contributed by atoms with Crippen molar-refractivity contribution in [1.82, 2.24) is 9.97 Å². The second kappa shape index (κ2) is 4.80. The molecule has 3 nitrogen and oxygen atoms in total. The fourth-order valence-corrected chi connectivity index (χ4v) is 2.04. The van der Waals surface area contributed by atoms with Gasteiger partial charge in [0, 0.05) is 29.1 Å². The summed E-state index contributed by atoms with van der Waals surface area (Å²) in [4.78, 5) is 9.04. The maximum atomic E-state index is 5.58. The SMILES string of the molecule is CC(C)(C)c1nc(CC(C)(C)c2ccccn2)co1. The molecule has 2 aromatic heterocycles. The van der Waals surface area contributed by atoms with Crippen molar-refractivity contribution in [3.63, 3.8) is 0 Å². The van der Waals surface area contributed by atoms with Crippen LogP contribution in [0.15, 0.2) is 35.1 Å². The molecule has 0 aromatic carbocycles. The van der Waals surface area contributed by atoms with Crippen LogP contribution in [0.1, 0.15) is 51.9 Å². The predicted molar refractivity (Wildman–Crippen MR) is 76.2 cm³/mol. The molecule has 0 saturated carbocycles. The molecule has 19 heavy (non-hydrogen) atoms. The highest BCUT2D eigenvalue weighted by atomic mass is 16.3. The van der Waals surface area contributed by atoms with Gasteiger partial charge in [0.15, 0.2) is 5.89 Å². The number of hydrogen-bond donors (Lipinski definition) is 0. The Morgan fingerprint density at radius 1 is 1.11 bits per heavy atom. The Morgan fingerprint density at radius 2 is 1.84 bits per heavy atom. The third kappa shape index (κ3) is 3.22. The maximum absolute atomic E-state index is 5.58. The van der Waals surface area contributed by atoms with Gasteiger partial charge in [0.2, 0.25) is 0 Å². The third-order valence-electron chi connectivity index (χ3n) is 3.17. The van der Waals surface area contributed by atoms with Crippen molar-refractivity contribution in [2.45, 2.75) is 51.9 Å². The molecule has 0 aliphatic carbocycles. The standard InChI is InChI=1S/C16H22N2O/c1-15(2,3)14-18-12(11-19-14)10-16(4,5)13-8-6-7-9-17-13/h6-9,11H,10H2,1-5H3. The van der Waals surface area contributed by atoms with Gasteiger partial charge in [-0.3, -0.25) is 4.98 Å². The normalized spacial score (nSPS) is 12.7. The van der Waals surface area contributed by atoms with Gasteiger partial charge in [0.25, 0.3) is 0 Å². The summed E-state index contributed by atoms with van der Waals surface area (Å²) < 4.78 is 5.58. The van der Waals surface area contributed by atoms with E-state index in [1.807, 2.05) is 18.3 Å². The lowest BCUT2D eigenvalue weighted by atomic mass is 9.84. The minimum atomic E-state index is -0.0483. The van der Waals surface area contributed by atoms with Crippen LogP contribution >= 0.6 is 0 Å². The molecule has 3 heteroatoms. The van der Waals surface area contributed by atoms with Crippen LogP contribution in [0.25, 0.3) is 0 Å². The van der Waals surface area contributed by atoms with Gasteiger partial charge in [-0.15, -0.1) is 0 Å². The van der Waals surface area contributed by atoms with Crippen molar-refractivity contribution in [1.29, 1.82) is 0 Å². The number of nitrogens with zero attached hydrogens (tertiary/aromatic N) is 2. The van der Waals surface area contributed by atoms with Crippen molar-refractivity contribution < 1.29 is 4.42 Å². The fourth-order valence-electron chi connectivity index (χ4n) is 2.04. The monoisotopic (exact) mass is 258 g/mol. The van der Waals surface area contributed by atoms with E-state index in [1.165, 1.54) is 0 Å². The van der Waals surface area contributed by atoms with Crippen molar-refractivity contribution in [3.8, 4) is 0 Å². The van der Waals surface area contributed by atoms with Crippen molar-refractivity contribution >= 4 is 0 Å². The van der Waals surface area contributed by atoms with Crippen LogP contribution in [-0.2, 0) is 17.3 Å². The zero-order valence-corrected chi connectivity index (χ0v) is 12.4. The van der Waals surface area contributed by atoms with E-state index in [0.717, 1.165) is 23.7 Å². The summed E-state index contributed by atoms with van der Waals surface area (Å²) in [6.45, 7) is 10.7. The summed E-state index contributed by atoms with van der Waals surface area (Å²) in [5, 5.41) is 0. The van der Waals surface area contributed by atoms with Crippen molar-refractivity contribution in [2.24, 2.45) is 0 Å². The zero-order valence-electron chi connectivity index (χ0n) is 12.4. The van der Waals surface area contributed by atoms with Crippen molar-refractivity contribution in [2.75, 3.05) is 0 Å². The summed E-state index contributed by atoms with van der Waals surface area (Å²) in [6, 6.07) is 6.02. The lowest BCUT2D eigenvalue weighted by Crippen LogP contribution is -2.22. The van der Waals surface area contributed by atoms with Gasteiger partial charge >= 0.3 is 0 Å². The lowest BCUT2D eigenvalue weighted by Gasteiger charge is -2.22. The molecule has 0 unspecified atom stereocenters. The number of pyridine rings is 1. The van der Waals surface area contributed by atoms with Crippen LogP contribution in [0.4, 0.5) is 0 Å². The number of aromatic nitrogens is 2. The van der Waals surface area contributed by atoms with E-state index >= 15 is 0 Å². The highest BCUT2D eigenvalue weighted by Crippen LogP contribution is 2.27. The highest BCUT2D eigenvalue weighted by molar-refractivity contribution is 5.18. The largest absolute Gasteiger partial charge is 0.448 e.